The Kier molecular flexibility index (Phi) is 4.64. The minimum absolute atomic E-state index is 0.0347. The van der Waals surface area contributed by atoms with Crippen LogP contribution in [0, 0.1) is 61.6 Å². The van der Waals surface area contributed by atoms with Gasteiger partial charge in [-0.1, -0.05) is 54.0 Å². The van der Waals surface area contributed by atoms with Crippen molar-refractivity contribution in [3.05, 3.63) is 11.6 Å². The number of hydrogen-bond acceptors (Lipinski definition) is 5. The van der Waals surface area contributed by atoms with Gasteiger partial charge in [-0.3, -0.25) is 9.59 Å². The van der Waals surface area contributed by atoms with Crippen LogP contribution in [0.25, 0.3) is 0 Å². The van der Waals surface area contributed by atoms with E-state index in [9.17, 15) is 20.0 Å². The van der Waals surface area contributed by atoms with Gasteiger partial charge in [-0.05, 0) is 84.5 Å². The molecule has 6 aliphatic rings. The molecule has 5 nitrogen and oxygen atoms in total. The third kappa shape index (κ3) is 2.50. The number of fused-ring (bicyclic) bond motifs is 9. The number of Topliss-reactive ketones (excluding diaryl/α,β-unsaturated/α-hetero) is 1. The number of epoxide rings is 1. The second kappa shape index (κ2) is 6.73. The fourth-order valence-electron chi connectivity index (χ4n) is 10.8. The standard InChI is InChI=1S/C31H43NO4/c1-25(2)10-12-30(17-33)13-11-28(6)22(18(30)15-25)19(34)14-21-27(28,5)9-8-20-26(3,4)23(35)31(16-32)24(36-31)29(20,21)7/h14,18,20,22,24,33H,8-13,15,17H2,1-7H3/t18?,20-,22+,24+,27+,28+,29-,30+,31-/m0/s1. The molecule has 9 atom stereocenters. The van der Waals surface area contributed by atoms with E-state index in [2.05, 4.69) is 40.7 Å². The maximum atomic E-state index is 14.3. The lowest BCUT2D eigenvalue weighted by atomic mass is 9.33. The first-order valence-electron chi connectivity index (χ1n) is 14.1. The number of ether oxygens (including phenoxy) is 1. The van der Waals surface area contributed by atoms with Crippen LogP contribution in [0.2, 0.25) is 0 Å². The predicted molar refractivity (Wildman–Crippen MR) is 136 cm³/mol. The predicted octanol–water partition coefficient (Wildman–Crippen LogP) is 5.41. The molecule has 1 saturated heterocycles. The van der Waals surface area contributed by atoms with Gasteiger partial charge < -0.3 is 9.84 Å². The van der Waals surface area contributed by atoms with E-state index in [4.69, 9.17) is 4.74 Å². The third-order valence-electron chi connectivity index (χ3n) is 13.2. The Morgan fingerprint density at radius 3 is 2.33 bits per heavy atom. The molecule has 0 bridgehead atoms. The van der Waals surface area contributed by atoms with E-state index < -0.39 is 22.5 Å². The molecule has 0 spiro atoms. The first kappa shape index (κ1) is 24.8. The Labute approximate surface area is 216 Å². The van der Waals surface area contributed by atoms with E-state index >= 15 is 0 Å². The normalized spacial score (nSPS) is 54.0. The fraction of sp³-hybridized carbons (Fsp3) is 0.839. The fourth-order valence-corrected chi connectivity index (χ4v) is 10.8. The average Bonchev–Trinajstić information content (AvgIpc) is 3.56. The molecule has 36 heavy (non-hydrogen) atoms. The highest BCUT2D eigenvalue weighted by atomic mass is 16.6. The van der Waals surface area contributed by atoms with Gasteiger partial charge in [0.2, 0.25) is 5.60 Å². The van der Waals surface area contributed by atoms with Crippen molar-refractivity contribution in [2.75, 3.05) is 6.61 Å². The Bertz CT molecular complexity index is 1150. The smallest absolute Gasteiger partial charge is 0.240 e. The number of nitrogens with zero attached hydrogens (tertiary/aromatic N) is 1. The monoisotopic (exact) mass is 493 g/mol. The van der Waals surface area contributed by atoms with Gasteiger partial charge in [-0.25, -0.2) is 0 Å². The highest BCUT2D eigenvalue weighted by Crippen LogP contribution is 2.77. The van der Waals surface area contributed by atoms with Gasteiger partial charge in [0.25, 0.3) is 0 Å². The second-order valence-electron chi connectivity index (χ2n) is 15.5. The van der Waals surface area contributed by atoms with Crippen LogP contribution in [0.3, 0.4) is 0 Å². The lowest BCUT2D eigenvalue weighted by molar-refractivity contribution is -0.180. The van der Waals surface area contributed by atoms with E-state index in [1.54, 1.807) is 0 Å². The summed E-state index contributed by atoms with van der Waals surface area (Å²) in [5.41, 5.74) is -1.90. The molecule has 1 heterocycles. The summed E-state index contributed by atoms with van der Waals surface area (Å²) in [5.74, 6) is 0.219. The summed E-state index contributed by atoms with van der Waals surface area (Å²) in [6.45, 7) is 15.6. The zero-order valence-corrected chi connectivity index (χ0v) is 23.2. The van der Waals surface area contributed by atoms with Crippen LogP contribution in [-0.4, -0.2) is 35.0 Å². The zero-order chi connectivity index (χ0) is 26.3. The van der Waals surface area contributed by atoms with Gasteiger partial charge in [0, 0.05) is 23.4 Å². The molecule has 5 aliphatic carbocycles. The SMILES string of the molecule is CC1(C)CC[C@]2(CO)CC[C@]3(C)[C@@H](C(=O)C=C4[C@@]5(C)[C@H]6O[C@@]6(C#N)C(=O)C(C)(C)[C@@H]5CC[C@]43C)C2C1. The quantitative estimate of drug-likeness (QED) is 0.493. The molecule has 0 radical (unpaired) electrons. The lowest BCUT2D eigenvalue weighted by Gasteiger charge is -2.69. The number of hydrogen-bond donors (Lipinski definition) is 1. The molecular formula is C31H43NO4. The van der Waals surface area contributed by atoms with Crippen molar-refractivity contribution < 1.29 is 19.4 Å². The summed E-state index contributed by atoms with van der Waals surface area (Å²) >= 11 is 0. The number of aliphatic hydroxyl groups excluding tert-OH is 1. The Morgan fingerprint density at radius 2 is 1.69 bits per heavy atom. The molecule has 0 aromatic rings. The maximum Gasteiger partial charge on any atom is 0.240 e. The molecule has 1 unspecified atom stereocenters. The molecule has 0 amide bonds. The number of carbonyl (C=O) groups is 2. The molecule has 6 rings (SSSR count). The first-order chi connectivity index (χ1) is 16.6. The molecule has 5 heteroatoms. The van der Waals surface area contributed by atoms with Gasteiger partial charge >= 0.3 is 0 Å². The largest absolute Gasteiger partial charge is 0.396 e. The van der Waals surface area contributed by atoms with Gasteiger partial charge in [0.1, 0.15) is 12.2 Å². The Morgan fingerprint density at radius 1 is 1.03 bits per heavy atom. The van der Waals surface area contributed by atoms with E-state index in [0.717, 1.165) is 50.5 Å². The summed E-state index contributed by atoms with van der Waals surface area (Å²) in [7, 11) is 0. The molecule has 0 aromatic heterocycles. The number of allylic oxidation sites excluding steroid dienone is 1. The molecule has 4 saturated carbocycles. The zero-order valence-electron chi connectivity index (χ0n) is 23.2. The van der Waals surface area contributed by atoms with Gasteiger partial charge in [0.05, 0.1) is 0 Å². The van der Waals surface area contributed by atoms with Crippen molar-refractivity contribution in [1.29, 1.82) is 5.26 Å². The summed E-state index contributed by atoms with van der Waals surface area (Å²) in [4.78, 5) is 27.8. The van der Waals surface area contributed by atoms with Crippen molar-refractivity contribution in [1.82, 2.24) is 0 Å². The van der Waals surface area contributed by atoms with Crippen molar-refractivity contribution in [3.8, 4) is 6.07 Å². The van der Waals surface area contributed by atoms with E-state index in [0.29, 0.717) is 0 Å². The molecule has 1 N–H and O–H groups in total. The van der Waals surface area contributed by atoms with Crippen molar-refractivity contribution in [3.63, 3.8) is 0 Å². The summed E-state index contributed by atoms with van der Waals surface area (Å²) < 4.78 is 6.08. The Balaban J connectivity index is 1.52. The maximum absolute atomic E-state index is 14.3. The third-order valence-corrected chi connectivity index (χ3v) is 13.2. The molecular weight excluding hydrogens is 450 g/mol. The molecule has 1 aliphatic heterocycles. The second-order valence-corrected chi connectivity index (χ2v) is 15.5. The van der Waals surface area contributed by atoms with Crippen LogP contribution in [-0.2, 0) is 14.3 Å². The van der Waals surface area contributed by atoms with Crippen molar-refractivity contribution >= 4 is 11.6 Å². The highest BCUT2D eigenvalue weighted by molar-refractivity contribution is 6.01. The molecule has 0 aromatic carbocycles. The number of aliphatic hydroxyl groups is 1. The number of rotatable bonds is 1. The molecule has 196 valence electrons. The number of carbonyl (C=O) groups excluding carboxylic acids is 2. The van der Waals surface area contributed by atoms with Crippen LogP contribution >= 0.6 is 0 Å². The highest BCUT2D eigenvalue weighted by Gasteiger charge is 2.82. The van der Waals surface area contributed by atoms with Crippen LogP contribution < -0.4 is 0 Å². The van der Waals surface area contributed by atoms with Crippen LogP contribution in [0.1, 0.15) is 93.4 Å². The minimum Gasteiger partial charge on any atom is -0.396 e. The summed E-state index contributed by atoms with van der Waals surface area (Å²) in [6, 6.07) is 2.25. The van der Waals surface area contributed by atoms with E-state index in [1.165, 1.54) is 0 Å². The van der Waals surface area contributed by atoms with Gasteiger partial charge in [0.15, 0.2) is 11.6 Å². The van der Waals surface area contributed by atoms with Crippen molar-refractivity contribution in [2.45, 2.75) is 105 Å². The van der Waals surface area contributed by atoms with E-state index in [1.807, 2.05) is 19.9 Å². The van der Waals surface area contributed by atoms with Gasteiger partial charge in [-0.2, -0.15) is 5.26 Å². The van der Waals surface area contributed by atoms with Gasteiger partial charge in [-0.15, -0.1) is 0 Å². The van der Waals surface area contributed by atoms with E-state index in [-0.39, 0.29) is 57.6 Å². The lowest BCUT2D eigenvalue weighted by Crippen LogP contribution is -2.67. The number of ketones is 2. The average molecular weight is 494 g/mol. The number of nitriles is 1. The summed E-state index contributed by atoms with van der Waals surface area (Å²) in [6.07, 6.45) is 8.24. The first-order valence-corrected chi connectivity index (χ1v) is 14.1. The van der Waals surface area contributed by atoms with Crippen LogP contribution in [0.5, 0.6) is 0 Å². The minimum atomic E-state index is -1.37. The Hall–Kier alpha value is -1.51. The topological polar surface area (TPSA) is 90.7 Å². The van der Waals surface area contributed by atoms with Crippen LogP contribution in [0.15, 0.2) is 11.6 Å². The van der Waals surface area contributed by atoms with Crippen LogP contribution in [0.4, 0.5) is 0 Å². The van der Waals surface area contributed by atoms with Crippen molar-refractivity contribution in [2.24, 2.45) is 50.2 Å². The molecule has 5 fully saturated rings. The summed E-state index contributed by atoms with van der Waals surface area (Å²) in [5, 5.41) is 20.7.